The van der Waals surface area contributed by atoms with Gasteiger partial charge in [-0.3, -0.25) is 9.69 Å². The van der Waals surface area contributed by atoms with E-state index in [1.807, 2.05) is 35.2 Å². The van der Waals surface area contributed by atoms with Gasteiger partial charge in [-0.1, -0.05) is 0 Å². The highest BCUT2D eigenvalue weighted by Crippen LogP contribution is 2.43. The first-order valence-electron chi connectivity index (χ1n) is 8.22. The van der Waals surface area contributed by atoms with Crippen molar-refractivity contribution in [2.24, 2.45) is 0 Å². The average Bonchev–Trinajstić information content (AvgIpc) is 2.99. The van der Waals surface area contributed by atoms with Gasteiger partial charge in [0.25, 0.3) is 5.91 Å². The molecule has 3 heterocycles. The average molecular weight is 572 g/mol. The number of nitrogens with zero attached hydrogens (tertiary/aromatic N) is 1. The van der Waals surface area contributed by atoms with Gasteiger partial charge in [-0.15, -0.1) is 0 Å². The number of amides is 1. The smallest absolute Gasteiger partial charge is 0.261 e. The normalized spacial score (nSPS) is 18.2. The number of hydrogen-bond acceptors (Lipinski definition) is 3. The molecular weight excluding hydrogens is 558 g/mol. The van der Waals surface area contributed by atoms with Crippen LogP contribution in [0.3, 0.4) is 0 Å². The van der Waals surface area contributed by atoms with Crippen LogP contribution in [0, 0.1) is 7.14 Å². The number of H-pyrrole nitrogens is 1. The van der Waals surface area contributed by atoms with Gasteiger partial charge in [-0.2, -0.15) is 0 Å². The number of nitrogens with one attached hydrogen (secondary N) is 1. The highest BCUT2D eigenvalue weighted by atomic mass is 127. The number of methoxy groups -OCH3 is 1. The van der Waals surface area contributed by atoms with Crippen molar-refractivity contribution < 1.29 is 14.3 Å². The van der Waals surface area contributed by atoms with E-state index in [4.69, 9.17) is 9.47 Å². The Kier molecular flexibility index (Phi) is 3.85. The van der Waals surface area contributed by atoms with Gasteiger partial charge in [0.2, 0.25) is 6.23 Å². The molecule has 1 aromatic heterocycles. The molecule has 1 unspecified atom stereocenters. The summed E-state index contributed by atoms with van der Waals surface area (Å²) in [5.41, 5.74) is 3.88. The Labute approximate surface area is 177 Å². The van der Waals surface area contributed by atoms with Crippen LogP contribution in [0.25, 0.3) is 10.9 Å². The first kappa shape index (κ1) is 16.7. The molecule has 2 aromatic carbocycles. The molecule has 2 aliphatic rings. The quantitative estimate of drug-likeness (QED) is 0.438. The molecule has 0 saturated carbocycles. The largest absolute Gasteiger partial charge is 0.497 e. The number of fused-ring (bicyclic) bond motifs is 6. The molecule has 0 aliphatic carbocycles. The highest BCUT2D eigenvalue weighted by Gasteiger charge is 2.41. The molecule has 1 atom stereocenters. The minimum absolute atomic E-state index is 0.0407. The standard InChI is InChI=1S/C19H14I2N2O3/c1-25-10-2-3-14-12(8-10)11-4-5-23-18(24)16-13(21)6-9(20)7-15(16)26-19(23)17(11)22-14/h2-3,6-8,19,22H,4-5H2,1H3. The van der Waals surface area contributed by atoms with Gasteiger partial charge >= 0.3 is 0 Å². The summed E-state index contributed by atoms with van der Waals surface area (Å²) in [6.45, 7) is 0.641. The zero-order chi connectivity index (χ0) is 18.0. The van der Waals surface area contributed by atoms with E-state index in [0.717, 1.165) is 35.9 Å². The monoisotopic (exact) mass is 572 g/mol. The van der Waals surface area contributed by atoms with Crippen molar-refractivity contribution in [2.45, 2.75) is 12.6 Å². The molecule has 0 saturated heterocycles. The molecule has 0 spiro atoms. The van der Waals surface area contributed by atoms with Crippen molar-refractivity contribution >= 4 is 62.0 Å². The molecule has 0 bridgehead atoms. The van der Waals surface area contributed by atoms with Gasteiger partial charge in [0.05, 0.1) is 18.4 Å². The lowest BCUT2D eigenvalue weighted by Crippen LogP contribution is -2.46. The summed E-state index contributed by atoms with van der Waals surface area (Å²) >= 11 is 4.47. The third kappa shape index (κ3) is 2.35. The summed E-state index contributed by atoms with van der Waals surface area (Å²) in [5, 5.41) is 1.14. The lowest BCUT2D eigenvalue weighted by molar-refractivity contribution is 0.00177. The fourth-order valence-electron chi connectivity index (χ4n) is 3.81. The summed E-state index contributed by atoms with van der Waals surface area (Å²) in [7, 11) is 1.67. The predicted molar refractivity (Wildman–Crippen MR) is 115 cm³/mol. The molecule has 7 heteroatoms. The first-order chi connectivity index (χ1) is 12.6. The van der Waals surface area contributed by atoms with E-state index >= 15 is 0 Å². The number of rotatable bonds is 1. The van der Waals surface area contributed by atoms with Gasteiger partial charge < -0.3 is 14.5 Å². The molecule has 132 valence electrons. The first-order valence-corrected chi connectivity index (χ1v) is 10.4. The Morgan fingerprint density at radius 1 is 1.27 bits per heavy atom. The van der Waals surface area contributed by atoms with E-state index in [-0.39, 0.29) is 5.91 Å². The summed E-state index contributed by atoms with van der Waals surface area (Å²) in [5.74, 6) is 1.53. The summed E-state index contributed by atoms with van der Waals surface area (Å²) in [6.07, 6.45) is 0.385. The van der Waals surface area contributed by atoms with Crippen LogP contribution in [0.15, 0.2) is 30.3 Å². The van der Waals surface area contributed by atoms with Crippen molar-refractivity contribution in [3.63, 3.8) is 0 Å². The minimum Gasteiger partial charge on any atom is -0.497 e. The number of aromatic nitrogens is 1. The number of halogens is 2. The summed E-state index contributed by atoms with van der Waals surface area (Å²) in [4.78, 5) is 18.4. The van der Waals surface area contributed by atoms with Crippen molar-refractivity contribution in [2.75, 3.05) is 13.7 Å². The number of hydrogen-bond donors (Lipinski definition) is 1. The number of carbonyl (C=O) groups excluding carboxylic acids is 1. The second-order valence-corrected chi connectivity index (χ2v) is 8.82. The van der Waals surface area contributed by atoms with E-state index in [1.165, 1.54) is 5.56 Å². The molecule has 1 N–H and O–H groups in total. The zero-order valence-corrected chi connectivity index (χ0v) is 18.1. The van der Waals surface area contributed by atoms with Crippen LogP contribution in [0.2, 0.25) is 0 Å². The SMILES string of the molecule is COc1ccc2[nH]c3c(c2c1)CCN1C(=O)c2c(I)cc(I)cc2OC31. The molecular formula is C19H14I2N2O3. The van der Waals surface area contributed by atoms with Crippen molar-refractivity contribution in [3.8, 4) is 11.5 Å². The Morgan fingerprint density at radius 3 is 2.92 bits per heavy atom. The van der Waals surface area contributed by atoms with E-state index in [9.17, 15) is 4.79 Å². The van der Waals surface area contributed by atoms with Gasteiger partial charge in [-0.05, 0) is 87.5 Å². The maximum absolute atomic E-state index is 13.1. The van der Waals surface area contributed by atoms with E-state index < -0.39 is 6.23 Å². The maximum Gasteiger partial charge on any atom is 0.261 e. The Balaban J connectivity index is 1.67. The number of ether oxygens (including phenoxy) is 2. The van der Waals surface area contributed by atoms with Crippen LogP contribution in [-0.2, 0) is 6.42 Å². The van der Waals surface area contributed by atoms with Crippen LogP contribution < -0.4 is 9.47 Å². The molecule has 2 aliphatic heterocycles. The molecule has 3 aromatic rings. The molecule has 0 radical (unpaired) electrons. The van der Waals surface area contributed by atoms with Crippen LogP contribution >= 0.6 is 45.2 Å². The predicted octanol–water partition coefficient (Wildman–Crippen LogP) is 4.48. The lowest BCUT2D eigenvalue weighted by atomic mass is 9.99. The topological polar surface area (TPSA) is 54.6 Å². The Hall–Kier alpha value is -1.49. The molecule has 5 nitrogen and oxygen atoms in total. The van der Waals surface area contributed by atoms with Gasteiger partial charge in [-0.25, -0.2) is 0 Å². The number of benzene rings is 2. The molecule has 5 rings (SSSR count). The van der Waals surface area contributed by atoms with Crippen molar-refractivity contribution in [1.29, 1.82) is 0 Å². The molecule has 26 heavy (non-hydrogen) atoms. The van der Waals surface area contributed by atoms with Gasteiger partial charge in [0, 0.05) is 24.6 Å². The van der Waals surface area contributed by atoms with Crippen LogP contribution in [-0.4, -0.2) is 29.4 Å². The fraction of sp³-hybridized carbons (Fsp3) is 0.211. The van der Waals surface area contributed by atoms with Gasteiger partial charge in [0.15, 0.2) is 0 Å². The van der Waals surface area contributed by atoms with Crippen LogP contribution in [0.1, 0.15) is 27.8 Å². The highest BCUT2D eigenvalue weighted by molar-refractivity contribution is 14.1. The van der Waals surface area contributed by atoms with Crippen molar-refractivity contribution in [1.82, 2.24) is 9.88 Å². The fourth-order valence-corrected chi connectivity index (χ4v) is 5.83. The Bertz CT molecular complexity index is 1080. The van der Waals surface area contributed by atoms with E-state index in [0.29, 0.717) is 17.9 Å². The second-order valence-electron chi connectivity index (χ2n) is 6.41. The Morgan fingerprint density at radius 2 is 2.12 bits per heavy atom. The summed E-state index contributed by atoms with van der Waals surface area (Å²) in [6, 6.07) is 9.94. The molecule has 0 fully saturated rings. The minimum atomic E-state index is -0.411. The zero-order valence-electron chi connectivity index (χ0n) is 13.8. The number of carbonyl (C=O) groups is 1. The van der Waals surface area contributed by atoms with E-state index in [1.54, 1.807) is 7.11 Å². The van der Waals surface area contributed by atoms with E-state index in [2.05, 4.69) is 50.2 Å². The molecule has 1 amide bonds. The third-order valence-electron chi connectivity index (χ3n) is 5.01. The summed E-state index contributed by atoms with van der Waals surface area (Å²) < 4.78 is 13.7. The number of aromatic amines is 1. The van der Waals surface area contributed by atoms with Crippen LogP contribution in [0.4, 0.5) is 0 Å². The van der Waals surface area contributed by atoms with Gasteiger partial charge in [0.1, 0.15) is 11.5 Å². The lowest BCUT2D eigenvalue weighted by Gasteiger charge is -2.39. The van der Waals surface area contributed by atoms with Crippen LogP contribution in [0.5, 0.6) is 11.5 Å². The second kappa shape index (κ2) is 6.01. The van der Waals surface area contributed by atoms with Crippen molar-refractivity contribution in [3.05, 3.63) is 54.3 Å². The third-order valence-corrected chi connectivity index (χ3v) is 6.48. The maximum atomic E-state index is 13.1.